The maximum atomic E-state index is 9.44. The highest BCUT2D eigenvalue weighted by atomic mass is 31.2. The third-order valence-corrected chi connectivity index (χ3v) is 1.57. The third kappa shape index (κ3) is 126. The number of aliphatic hydroxyl groups excluding tert-OH is 1. The number of rotatable bonds is 2. The summed E-state index contributed by atoms with van der Waals surface area (Å²) in [5, 5.41) is 7.33. The number of hydrogen-bond acceptors (Lipinski definition) is 5. The lowest BCUT2D eigenvalue weighted by atomic mass is 11.2. The van der Waals surface area contributed by atoms with Crippen LogP contribution >= 0.6 is 24.3 Å². The lowest BCUT2D eigenvalue weighted by Gasteiger charge is -1.86. The number of phosphoric acid groups is 1. The van der Waals surface area contributed by atoms with Gasteiger partial charge in [-0.05, 0) is 0 Å². The average Bonchev–Trinajstić information content (AvgIpc) is 1.79. The first-order valence-electron chi connectivity index (χ1n) is 2.71. The monoisotopic (exact) mass is 288 g/mol. The zero-order chi connectivity index (χ0) is 13.1. The van der Waals surface area contributed by atoms with Crippen LogP contribution in [0.4, 0.5) is 0 Å². The molecule has 0 rings (SSSR count). The lowest BCUT2D eigenvalue weighted by molar-refractivity contribution is 0.275. The molecule has 0 aliphatic heterocycles. The second-order valence-corrected chi connectivity index (χ2v) is 4.24. The van der Waals surface area contributed by atoms with Gasteiger partial charge < -0.3 is 29.6 Å². The molecule has 0 saturated carbocycles. The normalized spacial score (nSPS) is 13.4. The van der Waals surface area contributed by atoms with Crippen molar-refractivity contribution in [2.24, 2.45) is 0 Å². The van der Waals surface area contributed by atoms with Gasteiger partial charge in [0.1, 0.15) is 0 Å². The van der Waals surface area contributed by atoms with Gasteiger partial charge in [-0.3, -0.25) is 9.13 Å². The minimum absolute atomic E-state index is 0.750. The van der Waals surface area contributed by atoms with E-state index in [2.05, 4.69) is 10.9 Å². The van der Waals surface area contributed by atoms with Gasteiger partial charge in [0.05, 0.1) is 6.26 Å². The Bertz CT molecular complexity index is 221. The van der Waals surface area contributed by atoms with Gasteiger partial charge in [-0.15, -0.1) is 0 Å². The van der Waals surface area contributed by atoms with Crippen molar-refractivity contribution in [1.29, 1.82) is 0 Å². The standard InChI is InChI=1S/C2H4O.H4O5P2.H3O4P/c1-2-3;1-6(2)5-7(3)4;1-5(2,3)4/h2-3H,1H2;6-7H,(H,1,2)(H,3,4);(H3,1,2,3,4). The largest absolute Gasteiger partial charge is 0.516 e. The molecule has 13 heteroatoms. The average molecular weight is 288 g/mol. The van der Waals surface area contributed by atoms with Gasteiger partial charge in [0.25, 0.3) is 0 Å². The van der Waals surface area contributed by atoms with Crippen LogP contribution in [-0.2, 0) is 18.0 Å². The Hall–Kier alpha value is -0.0100. The fraction of sp³-hybridized carbons (Fsp3) is 0. The molecular weight excluding hydrogens is 277 g/mol. The first-order valence-corrected chi connectivity index (χ1v) is 6.81. The predicted octanol–water partition coefficient (Wildman–Crippen LogP) is -0.474. The van der Waals surface area contributed by atoms with E-state index in [4.69, 9.17) is 34.1 Å². The molecule has 0 aromatic carbocycles. The zero-order valence-electron chi connectivity index (χ0n) is 7.05. The van der Waals surface area contributed by atoms with Crippen molar-refractivity contribution in [2.45, 2.75) is 0 Å². The molecular formula is C2H11O10P3. The van der Waals surface area contributed by atoms with Crippen LogP contribution in [0, 0.1) is 0 Å². The molecule has 0 heterocycles. The second-order valence-electron chi connectivity index (χ2n) is 1.33. The van der Waals surface area contributed by atoms with Crippen molar-refractivity contribution >= 4 is 24.3 Å². The van der Waals surface area contributed by atoms with E-state index in [-0.39, 0.29) is 0 Å². The van der Waals surface area contributed by atoms with Crippen LogP contribution in [-0.4, -0.2) is 29.6 Å². The maximum absolute atomic E-state index is 9.44. The van der Waals surface area contributed by atoms with E-state index in [1.807, 2.05) is 0 Å². The quantitative estimate of drug-likeness (QED) is 0.287. The first kappa shape index (κ1) is 20.4. The van der Waals surface area contributed by atoms with E-state index >= 15 is 0 Å². The van der Waals surface area contributed by atoms with Gasteiger partial charge in [-0.2, -0.15) is 0 Å². The smallest absolute Gasteiger partial charge is 0.466 e. The van der Waals surface area contributed by atoms with Gasteiger partial charge in [0.2, 0.25) is 0 Å². The highest BCUT2D eigenvalue weighted by Crippen LogP contribution is 2.30. The van der Waals surface area contributed by atoms with Crippen LogP contribution in [0.5, 0.6) is 0 Å². The minimum Gasteiger partial charge on any atom is -0.516 e. The van der Waals surface area contributed by atoms with E-state index < -0.39 is 24.3 Å². The third-order valence-electron chi connectivity index (χ3n) is 0.175. The summed E-state index contributed by atoms with van der Waals surface area (Å²) < 4.78 is 31.2. The summed E-state index contributed by atoms with van der Waals surface area (Å²) in [6.45, 7) is 2.92. The van der Waals surface area contributed by atoms with Gasteiger partial charge in [-0.1, -0.05) is 6.58 Å². The molecule has 0 amide bonds. The molecule has 0 saturated heterocycles. The van der Waals surface area contributed by atoms with E-state index in [1.165, 1.54) is 0 Å². The van der Waals surface area contributed by atoms with E-state index in [0.29, 0.717) is 0 Å². The van der Waals surface area contributed by atoms with Crippen LogP contribution in [0.3, 0.4) is 0 Å². The SMILES string of the molecule is C=CO.O=P(O)(O)O.O=[PH](O)O[PH](=O)O. The summed E-state index contributed by atoms with van der Waals surface area (Å²) in [4.78, 5) is 37.0. The molecule has 0 aromatic rings. The highest BCUT2D eigenvalue weighted by molar-refractivity contribution is 7.46. The van der Waals surface area contributed by atoms with Crippen LogP contribution < -0.4 is 0 Å². The van der Waals surface area contributed by atoms with Crippen LogP contribution in [0.2, 0.25) is 0 Å². The topological polar surface area (TPSA) is 182 Å². The fourth-order valence-corrected chi connectivity index (χ4v) is 0.672. The number of aliphatic hydroxyl groups is 1. The summed E-state index contributed by atoms with van der Waals surface area (Å²) in [6.07, 6.45) is 0.750. The molecule has 0 spiro atoms. The van der Waals surface area contributed by atoms with Gasteiger partial charge >= 0.3 is 24.3 Å². The lowest BCUT2D eigenvalue weighted by Crippen LogP contribution is -1.66. The maximum Gasteiger partial charge on any atom is 0.466 e. The molecule has 0 fully saturated rings. The van der Waals surface area contributed by atoms with E-state index in [1.54, 1.807) is 0 Å². The van der Waals surface area contributed by atoms with Crippen LogP contribution in [0.25, 0.3) is 0 Å². The highest BCUT2D eigenvalue weighted by Gasteiger charge is 2.00. The molecule has 94 valence electrons. The molecule has 6 N–H and O–H groups in total. The molecule has 0 aromatic heterocycles. The van der Waals surface area contributed by atoms with Crippen LogP contribution in [0.15, 0.2) is 12.8 Å². The molecule has 0 bridgehead atoms. The van der Waals surface area contributed by atoms with Gasteiger partial charge in [0, 0.05) is 0 Å². The van der Waals surface area contributed by atoms with Crippen molar-refractivity contribution < 1.29 is 47.6 Å². The van der Waals surface area contributed by atoms with Crippen molar-refractivity contribution in [3.8, 4) is 0 Å². The summed E-state index contributed by atoms with van der Waals surface area (Å²) in [6, 6.07) is 0. The van der Waals surface area contributed by atoms with E-state index in [0.717, 1.165) is 6.26 Å². The predicted molar refractivity (Wildman–Crippen MR) is 50.6 cm³/mol. The number of hydrogen-bond donors (Lipinski definition) is 6. The summed E-state index contributed by atoms with van der Waals surface area (Å²) in [5.41, 5.74) is 0. The van der Waals surface area contributed by atoms with Gasteiger partial charge in [-0.25, -0.2) is 8.88 Å². The van der Waals surface area contributed by atoms with Crippen LogP contribution in [0.1, 0.15) is 0 Å². The Labute approximate surface area is 85.6 Å². The Balaban J connectivity index is -0.000000158. The summed E-state index contributed by atoms with van der Waals surface area (Å²) in [5.74, 6) is 0. The van der Waals surface area contributed by atoms with Crippen molar-refractivity contribution in [3.63, 3.8) is 0 Å². The Morgan fingerprint density at radius 2 is 1.27 bits per heavy atom. The molecule has 15 heavy (non-hydrogen) atoms. The van der Waals surface area contributed by atoms with E-state index in [9.17, 15) is 9.13 Å². The second kappa shape index (κ2) is 12.1. The minimum atomic E-state index is -4.64. The Kier molecular flexibility index (Phi) is 16.4. The van der Waals surface area contributed by atoms with Crippen molar-refractivity contribution in [3.05, 3.63) is 12.8 Å². The summed E-state index contributed by atoms with van der Waals surface area (Å²) in [7, 11) is -11.0. The Morgan fingerprint density at radius 1 is 1.13 bits per heavy atom. The molecule has 2 unspecified atom stereocenters. The molecule has 0 aliphatic rings. The Morgan fingerprint density at radius 3 is 1.27 bits per heavy atom. The molecule has 2 atom stereocenters. The first-order chi connectivity index (χ1) is 6.54. The molecule has 0 aliphatic carbocycles. The summed E-state index contributed by atoms with van der Waals surface area (Å²) >= 11 is 0. The van der Waals surface area contributed by atoms with Gasteiger partial charge in [0.15, 0.2) is 0 Å². The molecule has 0 radical (unpaired) electrons. The fourth-order valence-electron chi connectivity index (χ4n) is 0.0747. The van der Waals surface area contributed by atoms with Crippen molar-refractivity contribution in [2.75, 3.05) is 0 Å². The van der Waals surface area contributed by atoms with Crippen molar-refractivity contribution in [1.82, 2.24) is 0 Å². The zero-order valence-corrected chi connectivity index (χ0v) is 9.94. The molecule has 10 nitrogen and oxygen atoms in total.